The van der Waals surface area contributed by atoms with Crippen LogP contribution in [0.25, 0.3) is 0 Å². The number of para-hydroxylation sites is 1. The summed E-state index contributed by atoms with van der Waals surface area (Å²) in [5, 5.41) is 15.0. The van der Waals surface area contributed by atoms with Gasteiger partial charge in [0.1, 0.15) is 23.9 Å². The van der Waals surface area contributed by atoms with Gasteiger partial charge in [0.2, 0.25) is 0 Å². The highest BCUT2D eigenvalue weighted by atomic mass is 16.1. The molecule has 0 saturated carbocycles. The second-order valence-corrected chi connectivity index (χ2v) is 5.58. The van der Waals surface area contributed by atoms with Gasteiger partial charge in [0, 0.05) is 11.8 Å². The van der Waals surface area contributed by atoms with Crippen molar-refractivity contribution in [1.29, 1.82) is 5.26 Å². The van der Waals surface area contributed by atoms with Crippen molar-refractivity contribution in [3.63, 3.8) is 0 Å². The Balaban J connectivity index is 1.75. The summed E-state index contributed by atoms with van der Waals surface area (Å²) in [6, 6.07) is 18.4. The zero-order chi connectivity index (χ0) is 18.4. The first kappa shape index (κ1) is 17.1. The van der Waals surface area contributed by atoms with E-state index in [0.717, 1.165) is 12.1 Å². The van der Waals surface area contributed by atoms with Crippen molar-refractivity contribution in [2.75, 3.05) is 10.6 Å². The monoisotopic (exact) mass is 343 g/mol. The van der Waals surface area contributed by atoms with E-state index in [9.17, 15) is 4.79 Å². The van der Waals surface area contributed by atoms with Crippen LogP contribution in [0.2, 0.25) is 0 Å². The van der Waals surface area contributed by atoms with Crippen molar-refractivity contribution in [2.45, 2.75) is 13.3 Å². The van der Waals surface area contributed by atoms with Crippen molar-refractivity contribution >= 4 is 23.1 Å². The number of nitrogens with zero attached hydrogens (tertiary/aromatic N) is 3. The van der Waals surface area contributed by atoms with E-state index in [1.165, 1.54) is 11.9 Å². The van der Waals surface area contributed by atoms with Gasteiger partial charge in [-0.1, -0.05) is 31.2 Å². The van der Waals surface area contributed by atoms with E-state index in [1.807, 2.05) is 30.3 Å². The summed E-state index contributed by atoms with van der Waals surface area (Å²) >= 11 is 0. The van der Waals surface area contributed by atoms with Crippen LogP contribution in [0.1, 0.15) is 28.5 Å². The fourth-order valence-corrected chi connectivity index (χ4v) is 2.40. The van der Waals surface area contributed by atoms with E-state index in [2.05, 4.69) is 27.5 Å². The number of carbonyl (C=O) groups is 1. The molecule has 26 heavy (non-hydrogen) atoms. The zero-order valence-electron chi connectivity index (χ0n) is 14.2. The number of aromatic nitrogens is 2. The second-order valence-electron chi connectivity index (χ2n) is 5.58. The molecule has 0 bridgehead atoms. The number of aryl methyl sites for hydroxylation is 1. The summed E-state index contributed by atoms with van der Waals surface area (Å²) in [7, 11) is 0. The topological polar surface area (TPSA) is 90.7 Å². The van der Waals surface area contributed by atoms with Crippen LogP contribution in [0.4, 0.5) is 17.2 Å². The first-order valence-electron chi connectivity index (χ1n) is 8.18. The SMILES string of the molecule is CCc1ccc(Nc2cc(C(=O)Nc3ccccc3C#N)ncn2)cc1. The number of benzene rings is 2. The van der Waals surface area contributed by atoms with Crippen LogP contribution in [-0.4, -0.2) is 15.9 Å². The van der Waals surface area contributed by atoms with E-state index < -0.39 is 5.91 Å². The molecule has 0 spiro atoms. The molecule has 2 aromatic carbocycles. The van der Waals surface area contributed by atoms with Crippen LogP contribution in [0, 0.1) is 11.3 Å². The molecule has 0 aliphatic heterocycles. The molecule has 128 valence electrons. The van der Waals surface area contributed by atoms with Gasteiger partial charge < -0.3 is 10.6 Å². The van der Waals surface area contributed by atoms with E-state index in [-0.39, 0.29) is 5.69 Å². The summed E-state index contributed by atoms with van der Waals surface area (Å²) in [6.07, 6.45) is 2.30. The molecule has 0 saturated heterocycles. The van der Waals surface area contributed by atoms with Crippen molar-refractivity contribution in [3.8, 4) is 6.07 Å². The molecule has 3 rings (SSSR count). The van der Waals surface area contributed by atoms with E-state index >= 15 is 0 Å². The number of anilines is 3. The van der Waals surface area contributed by atoms with Gasteiger partial charge in [-0.25, -0.2) is 9.97 Å². The number of hydrogen-bond acceptors (Lipinski definition) is 5. The van der Waals surface area contributed by atoms with Gasteiger partial charge in [-0.2, -0.15) is 5.26 Å². The Labute approximate surface area is 151 Å². The van der Waals surface area contributed by atoms with E-state index in [4.69, 9.17) is 5.26 Å². The normalized spacial score (nSPS) is 10.0. The number of nitriles is 1. The molecule has 1 heterocycles. The van der Waals surface area contributed by atoms with Crippen LogP contribution >= 0.6 is 0 Å². The Morgan fingerprint density at radius 3 is 2.62 bits per heavy atom. The predicted molar refractivity (Wildman–Crippen MR) is 100 cm³/mol. The highest BCUT2D eigenvalue weighted by Crippen LogP contribution is 2.18. The first-order chi connectivity index (χ1) is 12.7. The van der Waals surface area contributed by atoms with Crippen LogP contribution in [-0.2, 0) is 6.42 Å². The molecule has 3 aromatic rings. The average Bonchev–Trinajstić information content (AvgIpc) is 2.69. The molecule has 0 aliphatic carbocycles. The Bertz CT molecular complexity index is 960. The highest BCUT2D eigenvalue weighted by molar-refractivity contribution is 6.03. The molecule has 0 aliphatic rings. The Morgan fingerprint density at radius 2 is 1.88 bits per heavy atom. The molecule has 0 radical (unpaired) electrons. The summed E-state index contributed by atoms with van der Waals surface area (Å²) in [4.78, 5) is 20.6. The van der Waals surface area contributed by atoms with Gasteiger partial charge in [0.15, 0.2) is 0 Å². The molecule has 0 unspecified atom stereocenters. The maximum Gasteiger partial charge on any atom is 0.274 e. The van der Waals surface area contributed by atoms with Gasteiger partial charge in [-0.05, 0) is 36.2 Å². The average molecular weight is 343 g/mol. The molecule has 1 aromatic heterocycles. The van der Waals surface area contributed by atoms with Gasteiger partial charge in [-0.3, -0.25) is 4.79 Å². The van der Waals surface area contributed by atoms with Gasteiger partial charge in [0.25, 0.3) is 5.91 Å². The third-order valence-corrected chi connectivity index (χ3v) is 3.83. The number of rotatable bonds is 5. The number of amides is 1. The lowest BCUT2D eigenvalue weighted by Gasteiger charge is -2.09. The van der Waals surface area contributed by atoms with E-state index in [1.54, 1.807) is 30.3 Å². The Morgan fingerprint density at radius 1 is 1.12 bits per heavy atom. The smallest absolute Gasteiger partial charge is 0.274 e. The van der Waals surface area contributed by atoms with Crippen LogP contribution < -0.4 is 10.6 Å². The quantitative estimate of drug-likeness (QED) is 0.733. The van der Waals surface area contributed by atoms with Crippen molar-refractivity contribution in [1.82, 2.24) is 9.97 Å². The Hall–Kier alpha value is -3.72. The minimum Gasteiger partial charge on any atom is -0.340 e. The maximum atomic E-state index is 12.4. The fraction of sp³-hybridized carbons (Fsp3) is 0.100. The largest absolute Gasteiger partial charge is 0.340 e. The lowest BCUT2D eigenvalue weighted by atomic mass is 10.1. The van der Waals surface area contributed by atoms with E-state index in [0.29, 0.717) is 17.1 Å². The van der Waals surface area contributed by atoms with Crippen molar-refractivity contribution < 1.29 is 4.79 Å². The molecular formula is C20H17N5O. The fourth-order valence-electron chi connectivity index (χ4n) is 2.40. The van der Waals surface area contributed by atoms with Gasteiger partial charge >= 0.3 is 0 Å². The lowest BCUT2D eigenvalue weighted by molar-refractivity contribution is 0.102. The first-order valence-corrected chi connectivity index (χ1v) is 8.18. The minimum absolute atomic E-state index is 0.209. The van der Waals surface area contributed by atoms with Crippen LogP contribution in [0.5, 0.6) is 0 Å². The van der Waals surface area contributed by atoms with Gasteiger partial charge in [0.05, 0.1) is 11.3 Å². The summed E-state index contributed by atoms with van der Waals surface area (Å²) in [6.45, 7) is 2.10. The summed E-state index contributed by atoms with van der Waals surface area (Å²) < 4.78 is 0. The third kappa shape index (κ3) is 4.02. The Kier molecular flexibility index (Phi) is 5.20. The number of carbonyl (C=O) groups excluding carboxylic acids is 1. The minimum atomic E-state index is -0.403. The van der Waals surface area contributed by atoms with Crippen LogP contribution in [0.3, 0.4) is 0 Å². The number of hydrogen-bond donors (Lipinski definition) is 2. The second kappa shape index (κ2) is 7.90. The lowest BCUT2D eigenvalue weighted by Crippen LogP contribution is -2.15. The highest BCUT2D eigenvalue weighted by Gasteiger charge is 2.11. The third-order valence-electron chi connectivity index (χ3n) is 3.83. The summed E-state index contributed by atoms with van der Waals surface area (Å²) in [5.74, 6) is 0.113. The predicted octanol–water partition coefficient (Wildman–Crippen LogP) is 3.91. The molecule has 0 fully saturated rings. The molecule has 6 nitrogen and oxygen atoms in total. The molecule has 2 N–H and O–H groups in total. The standard InChI is InChI=1S/C20H17N5O/c1-2-14-7-9-16(10-8-14)24-19-11-18(22-13-23-19)20(26)25-17-6-4-3-5-15(17)12-21/h3-11,13H,2H2,1H3,(H,25,26)(H,22,23,24). The maximum absolute atomic E-state index is 12.4. The van der Waals surface area contributed by atoms with Crippen molar-refractivity contribution in [2.24, 2.45) is 0 Å². The summed E-state index contributed by atoms with van der Waals surface area (Å²) in [5.41, 5.74) is 3.17. The van der Waals surface area contributed by atoms with Crippen molar-refractivity contribution in [3.05, 3.63) is 77.7 Å². The molecular weight excluding hydrogens is 326 g/mol. The zero-order valence-corrected chi connectivity index (χ0v) is 14.2. The van der Waals surface area contributed by atoms with Crippen LogP contribution in [0.15, 0.2) is 60.9 Å². The van der Waals surface area contributed by atoms with Gasteiger partial charge in [-0.15, -0.1) is 0 Å². The molecule has 6 heteroatoms. The molecule has 0 atom stereocenters. The molecule has 1 amide bonds. The number of nitrogens with one attached hydrogen (secondary N) is 2.